The maximum absolute atomic E-state index is 12.2. The molecule has 0 aliphatic carbocycles. The van der Waals surface area contributed by atoms with E-state index >= 15 is 0 Å². The Hall–Kier alpha value is -0.810. The quantitative estimate of drug-likeness (QED) is 0.783. The third-order valence-electron chi connectivity index (χ3n) is 4.03. The van der Waals surface area contributed by atoms with Crippen molar-refractivity contribution < 1.29 is 14.6 Å². The van der Waals surface area contributed by atoms with Crippen LogP contribution in [0.15, 0.2) is 0 Å². The van der Waals surface area contributed by atoms with E-state index in [9.17, 15) is 4.79 Å². The number of amides is 2. The van der Waals surface area contributed by atoms with Crippen molar-refractivity contribution in [1.29, 1.82) is 0 Å². The Balaban J connectivity index is 2.43. The Morgan fingerprint density at radius 3 is 2.75 bits per heavy atom. The maximum Gasteiger partial charge on any atom is 0.317 e. The first-order valence-corrected chi connectivity index (χ1v) is 7.72. The fraction of sp³-hybridized carbons (Fsp3) is 0.933. The highest BCUT2D eigenvalue weighted by Crippen LogP contribution is 2.16. The number of rotatable bonds is 6. The van der Waals surface area contributed by atoms with Gasteiger partial charge in [-0.1, -0.05) is 13.8 Å². The minimum atomic E-state index is -0.0145. The summed E-state index contributed by atoms with van der Waals surface area (Å²) in [5, 5.41) is 12.1. The summed E-state index contributed by atoms with van der Waals surface area (Å²) in [6, 6.07) is 0.0875. The number of nitrogens with one attached hydrogen (secondary N) is 1. The SMILES string of the molecule is CC(C)CC(CCO)CNC(=O)N1CCOC(C)C1C. The van der Waals surface area contributed by atoms with Gasteiger partial charge in [0.1, 0.15) is 0 Å². The Bertz CT molecular complexity index is 297. The molecule has 118 valence electrons. The lowest BCUT2D eigenvalue weighted by atomic mass is 9.94. The van der Waals surface area contributed by atoms with Gasteiger partial charge in [0.15, 0.2) is 0 Å². The maximum atomic E-state index is 12.2. The lowest BCUT2D eigenvalue weighted by molar-refractivity contribution is -0.0377. The molecule has 0 aromatic carbocycles. The van der Waals surface area contributed by atoms with Crippen LogP contribution in [0.4, 0.5) is 4.79 Å². The van der Waals surface area contributed by atoms with E-state index in [1.54, 1.807) is 0 Å². The van der Waals surface area contributed by atoms with Crippen molar-refractivity contribution in [1.82, 2.24) is 10.2 Å². The second-order valence-electron chi connectivity index (χ2n) is 6.20. The average Bonchev–Trinajstić information content (AvgIpc) is 2.38. The van der Waals surface area contributed by atoms with Crippen molar-refractivity contribution in [3.63, 3.8) is 0 Å². The Morgan fingerprint density at radius 1 is 1.45 bits per heavy atom. The van der Waals surface area contributed by atoms with Crippen LogP contribution in [0, 0.1) is 11.8 Å². The van der Waals surface area contributed by atoms with Crippen LogP contribution >= 0.6 is 0 Å². The molecule has 1 rings (SSSR count). The van der Waals surface area contributed by atoms with Crippen LogP contribution in [0.2, 0.25) is 0 Å². The van der Waals surface area contributed by atoms with Crippen LogP contribution in [0.5, 0.6) is 0 Å². The lowest BCUT2D eigenvalue weighted by Crippen LogP contribution is -2.54. The van der Waals surface area contributed by atoms with Gasteiger partial charge in [0, 0.05) is 19.7 Å². The number of hydrogen-bond acceptors (Lipinski definition) is 3. The van der Waals surface area contributed by atoms with Crippen LogP contribution in [0.1, 0.15) is 40.5 Å². The summed E-state index contributed by atoms with van der Waals surface area (Å²) < 4.78 is 5.53. The predicted molar refractivity (Wildman–Crippen MR) is 79.6 cm³/mol. The number of hydrogen-bond donors (Lipinski definition) is 2. The monoisotopic (exact) mass is 286 g/mol. The third-order valence-corrected chi connectivity index (χ3v) is 4.03. The molecule has 20 heavy (non-hydrogen) atoms. The molecule has 1 aliphatic rings. The first kappa shape index (κ1) is 17.2. The molecule has 0 spiro atoms. The highest BCUT2D eigenvalue weighted by Gasteiger charge is 2.29. The largest absolute Gasteiger partial charge is 0.396 e. The van der Waals surface area contributed by atoms with Gasteiger partial charge in [0.25, 0.3) is 0 Å². The summed E-state index contributed by atoms with van der Waals surface area (Å²) in [5.74, 6) is 0.920. The molecule has 1 saturated heterocycles. The smallest absolute Gasteiger partial charge is 0.317 e. The van der Waals surface area contributed by atoms with Crippen LogP contribution < -0.4 is 5.32 Å². The molecule has 0 aromatic rings. The molecule has 5 heteroatoms. The number of morpholine rings is 1. The van der Waals surface area contributed by atoms with Crippen LogP contribution in [0.25, 0.3) is 0 Å². The number of carbonyl (C=O) groups is 1. The molecule has 2 amide bonds. The fourth-order valence-corrected chi connectivity index (χ4v) is 2.71. The number of nitrogens with zero attached hydrogens (tertiary/aromatic N) is 1. The van der Waals surface area contributed by atoms with E-state index in [4.69, 9.17) is 9.84 Å². The number of urea groups is 1. The van der Waals surface area contributed by atoms with Crippen molar-refractivity contribution >= 4 is 6.03 Å². The first-order valence-electron chi connectivity index (χ1n) is 7.72. The van der Waals surface area contributed by atoms with E-state index in [1.165, 1.54) is 0 Å². The van der Waals surface area contributed by atoms with E-state index in [0.29, 0.717) is 31.5 Å². The van der Waals surface area contributed by atoms with Crippen molar-refractivity contribution in [2.24, 2.45) is 11.8 Å². The van der Waals surface area contributed by atoms with Gasteiger partial charge in [-0.3, -0.25) is 0 Å². The number of ether oxygens (including phenoxy) is 1. The number of aliphatic hydroxyl groups excluding tert-OH is 1. The number of aliphatic hydroxyl groups is 1. The first-order chi connectivity index (χ1) is 9.45. The molecule has 0 saturated carbocycles. The summed E-state index contributed by atoms with van der Waals surface area (Å²) in [6.07, 6.45) is 1.85. The molecule has 3 unspecified atom stereocenters. The Morgan fingerprint density at radius 2 is 2.15 bits per heavy atom. The minimum absolute atomic E-state index is 0.0145. The average molecular weight is 286 g/mol. The predicted octanol–water partition coefficient (Wildman–Crippen LogP) is 1.85. The van der Waals surface area contributed by atoms with E-state index in [1.807, 2.05) is 18.7 Å². The lowest BCUT2D eigenvalue weighted by Gasteiger charge is -2.38. The van der Waals surface area contributed by atoms with Crippen molar-refractivity contribution in [3.8, 4) is 0 Å². The van der Waals surface area contributed by atoms with E-state index in [0.717, 1.165) is 12.8 Å². The standard InChI is InChI=1S/C15H30N2O3/c1-11(2)9-14(5-7-18)10-16-15(19)17-6-8-20-13(4)12(17)3/h11-14,18H,5-10H2,1-4H3,(H,16,19). The van der Waals surface area contributed by atoms with Crippen molar-refractivity contribution in [2.45, 2.75) is 52.7 Å². The highest BCUT2D eigenvalue weighted by atomic mass is 16.5. The molecule has 5 nitrogen and oxygen atoms in total. The fourth-order valence-electron chi connectivity index (χ4n) is 2.71. The second-order valence-corrected chi connectivity index (χ2v) is 6.20. The third kappa shape index (κ3) is 5.29. The molecule has 3 atom stereocenters. The summed E-state index contributed by atoms with van der Waals surface area (Å²) in [5.41, 5.74) is 0. The molecule has 0 aromatic heterocycles. The molecular formula is C15H30N2O3. The zero-order chi connectivity index (χ0) is 15.1. The molecule has 2 N–H and O–H groups in total. The van der Waals surface area contributed by atoms with Gasteiger partial charge in [0.05, 0.1) is 18.8 Å². The van der Waals surface area contributed by atoms with Gasteiger partial charge in [-0.05, 0) is 38.5 Å². The van der Waals surface area contributed by atoms with E-state index < -0.39 is 0 Å². The molecule has 0 radical (unpaired) electrons. The molecule has 1 heterocycles. The summed E-state index contributed by atoms with van der Waals surface area (Å²) in [6.45, 7) is 10.4. The van der Waals surface area contributed by atoms with Gasteiger partial charge < -0.3 is 20.1 Å². The minimum Gasteiger partial charge on any atom is -0.396 e. The summed E-state index contributed by atoms with van der Waals surface area (Å²) in [4.78, 5) is 14.1. The van der Waals surface area contributed by atoms with Gasteiger partial charge in [-0.2, -0.15) is 0 Å². The normalized spacial score (nSPS) is 24.8. The van der Waals surface area contributed by atoms with Gasteiger partial charge in [-0.15, -0.1) is 0 Å². The van der Waals surface area contributed by atoms with E-state index in [-0.39, 0.29) is 24.8 Å². The van der Waals surface area contributed by atoms with Gasteiger partial charge >= 0.3 is 6.03 Å². The second kappa shape index (κ2) is 8.47. The number of carbonyl (C=O) groups excluding carboxylic acids is 1. The van der Waals surface area contributed by atoms with Crippen LogP contribution in [-0.4, -0.2) is 54.5 Å². The molecular weight excluding hydrogens is 256 g/mol. The zero-order valence-corrected chi connectivity index (χ0v) is 13.3. The summed E-state index contributed by atoms with van der Waals surface area (Å²) >= 11 is 0. The molecule has 0 bridgehead atoms. The van der Waals surface area contributed by atoms with Crippen LogP contribution in [0.3, 0.4) is 0 Å². The topological polar surface area (TPSA) is 61.8 Å². The highest BCUT2D eigenvalue weighted by molar-refractivity contribution is 5.74. The van der Waals surface area contributed by atoms with Gasteiger partial charge in [-0.25, -0.2) is 4.79 Å². The van der Waals surface area contributed by atoms with Crippen LogP contribution in [-0.2, 0) is 4.74 Å². The van der Waals surface area contributed by atoms with Gasteiger partial charge in [0.2, 0.25) is 0 Å². The van der Waals surface area contributed by atoms with E-state index in [2.05, 4.69) is 19.2 Å². The van der Waals surface area contributed by atoms with Crippen molar-refractivity contribution in [3.05, 3.63) is 0 Å². The molecule has 1 aliphatic heterocycles. The molecule has 1 fully saturated rings. The Labute approximate surface area is 122 Å². The summed E-state index contributed by atoms with van der Waals surface area (Å²) in [7, 11) is 0. The zero-order valence-electron chi connectivity index (χ0n) is 13.3. The Kier molecular flexibility index (Phi) is 7.30. The van der Waals surface area contributed by atoms with Crippen molar-refractivity contribution in [2.75, 3.05) is 26.3 Å².